The summed E-state index contributed by atoms with van der Waals surface area (Å²) in [5.41, 5.74) is 12.6. The van der Waals surface area contributed by atoms with E-state index in [-0.39, 0.29) is 0 Å². The second-order valence-electron chi connectivity index (χ2n) is 5.19. The molecule has 1 aromatic carbocycles. The number of hydrogen-bond acceptors (Lipinski definition) is 3. The van der Waals surface area contributed by atoms with Gasteiger partial charge in [0.25, 0.3) is 0 Å². The van der Waals surface area contributed by atoms with E-state index in [0.29, 0.717) is 12.1 Å². The topological polar surface area (TPSA) is 47.3 Å². The number of hydrogen-bond donors (Lipinski definition) is 2. The van der Waals surface area contributed by atoms with Crippen LogP contribution >= 0.6 is 0 Å². The Morgan fingerprint density at radius 2 is 2.00 bits per heavy atom. The van der Waals surface area contributed by atoms with Crippen molar-refractivity contribution in [3.8, 4) is 0 Å². The van der Waals surface area contributed by atoms with Crippen LogP contribution in [0.25, 0.3) is 0 Å². The summed E-state index contributed by atoms with van der Waals surface area (Å²) in [5.74, 6) is 0. The second-order valence-corrected chi connectivity index (χ2v) is 5.19. The molecular weight excluding hydrogens is 212 g/mol. The standard InChI is InChI=1S/C14H20N2O/c15-11-6-7-13-10(9-11)5-8-14(13)16-17-12-3-1-2-4-12/h6-7,9,12,14,16H,1-5,8,15H2. The molecule has 0 amide bonds. The van der Waals surface area contributed by atoms with Crippen molar-refractivity contribution in [2.24, 2.45) is 0 Å². The van der Waals surface area contributed by atoms with Gasteiger partial charge in [0.2, 0.25) is 0 Å². The van der Waals surface area contributed by atoms with Crippen LogP contribution < -0.4 is 11.2 Å². The number of nitrogen functional groups attached to an aromatic ring is 1. The third-order valence-electron chi connectivity index (χ3n) is 3.92. The summed E-state index contributed by atoms with van der Waals surface area (Å²) in [7, 11) is 0. The quantitative estimate of drug-likeness (QED) is 0.622. The predicted octanol–water partition coefficient (Wildman–Crippen LogP) is 2.72. The summed E-state index contributed by atoms with van der Waals surface area (Å²) in [6.45, 7) is 0. The molecule has 2 aliphatic rings. The molecule has 0 aliphatic heterocycles. The van der Waals surface area contributed by atoms with Crippen LogP contribution in [0.2, 0.25) is 0 Å². The molecule has 0 radical (unpaired) electrons. The molecule has 17 heavy (non-hydrogen) atoms. The maximum Gasteiger partial charge on any atom is 0.0790 e. The molecular formula is C14H20N2O. The number of hydroxylamine groups is 1. The van der Waals surface area contributed by atoms with Gasteiger partial charge in [0, 0.05) is 5.69 Å². The zero-order valence-corrected chi connectivity index (χ0v) is 10.1. The third-order valence-corrected chi connectivity index (χ3v) is 3.92. The van der Waals surface area contributed by atoms with Crippen molar-refractivity contribution in [2.75, 3.05) is 5.73 Å². The Morgan fingerprint density at radius 1 is 1.18 bits per heavy atom. The zero-order valence-electron chi connectivity index (χ0n) is 10.1. The van der Waals surface area contributed by atoms with Crippen LogP contribution in [0, 0.1) is 0 Å². The van der Waals surface area contributed by atoms with Gasteiger partial charge in [-0.15, -0.1) is 0 Å². The van der Waals surface area contributed by atoms with E-state index in [4.69, 9.17) is 10.6 Å². The number of nitrogens with two attached hydrogens (primary N) is 1. The smallest absolute Gasteiger partial charge is 0.0790 e. The van der Waals surface area contributed by atoms with Crippen LogP contribution in [-0.4, -0.2) is 6.10 Å². The number of rotatable bonds is 3. The summed E-state index contributed by atoms with van der Waals surface area (Å²) in [6.07, 6.45) is 7.67. The second kappa shape index (κ2) is 4.67. The molecule has 1 saturated carbocycles. The fourth-order valence-corrected chi connectivity index (χ4v) is 2.94. The minimum atomic E-state index is 0.353. The predicted molar refractivity (Wildman–Crippen MR) is 68.4 cm³/mol. The zero-order chi connectivity index (χ0) is 11.7. The van der Waals surface area contributed by atoms with Crippen LogP contribution in [0.3, 0.4) is 0 Å². The Balaban J connectivity index is 1.63. The Labute approximate surface area is 102 Å². The van der Waals surface area contributed by atoms with E-state index >= 15 is 0 Å². The Bertz CT molecular complexity index is 399. The molecule has 2 aliphatic carbocycles. The van der Waals surface area contributed by atoms with E-state index in [1.165, 1.54) is 36.8 Å². The molecule has 0 bridgehead atoms. The number of benzene rings is 1. The first-order chi connectivity index (χ1) is 8.33. The summed E-state index contributed by atoms with van der Waals surface area (Å²) >= 11 is 0. The molecule has 0 heterocycles. The van der Waals surface area contributed by atoms with Gasteiger partial charge < -0.3 is 5.73 Å². The average molecular weight is 232 g/mol. The minimum Gasteiger partial charge on any atom is -0.399 e. The lowest BCUT2D eigenvalue weighted by Gasteiger charge is -2.17. The fraction of sp³-hybridized carbons (Fsp3) is 0.571. The molecule has 3 N–H and O–H groups in total. The van der Waals surface area contributed by atoms with Gasteiger partial charge in [-0.1, -0.05) is 18.9 Å². The van der Waals surface area contributed by atoms with Crippen LogP contribution in [0.5, 0.6) is 0 Å². The summed E-state index contributed by atoms with van der Waals surface area (Å²) in [5, 5.41) is 0. The Kier molecular flexibility index (Phi) is 3.04. The molecule has 0 aromatic heterocycles. The van der Waals surface area contributed by atoms with Crippen molar-refractivity contribution in [2.45, 2.75) is 50.7 Å². The normalized spacial score (nSPS) is 24.1. The van der Waals surface area contributed by atoms with Gasteiger partial charge in [0.15, 0.2) is 0 Å². The number of fused-ring (bicyclic) bond motifs is 1. The van der Waals surface area contributed by atoms with Gasteiger partial charge in [0.1, 0.15) is 0 Å². The molecule has 92 valence electrons. The highest BCUT2D eigenvalue weighted by Crippen LogP contribution is 2.33. The van der Waals surface area contributed by atoms with Gasteiger partial charge in [-0.05, 0) is 48.9 Å². The van der Waals surface area contributed by atoms with Crippen LogP contribution in [0.15, 0.2) is 18.2 Å². The summed E-state index contributed by atoms with van der Waals surface area (Å²) in [6, 6.07) is 6.56. The monoisotopic (exact) mass is 232 g/mol. The van der Waals surface area contributed by atoms with Crippen molar-refractivity contribution in [1.29, 1.82) is 0 Å². The molecule has 3 heteroatoms. The molecule has 0 spiro atoms. The van der Waals surface area contributed by atoms with E-state index in [9.17, 15) is 0 Å². The first-order valence-corrected chi connectivity index (χ1v) is 6.62. The van der Waals surface area contributed by atoms with Crippen molar-refractivity contribution in [3.63, 3.8) is 0 Å². The summed E-state index contributed by atoms with van der Waals surface area (Å²) in [4.78, 5) is 5.79. The average Bonchev–Trinajstić information content (AvgIpc) is 2.94. The van der Waals surface area contributed by atoms with Crippen LogP contribution in [0.4, 0.5) is 5.69 Å². The molecule has 1 atom stereocenters. The lowest BCUT2D eigenvalue weighted by molar-refractivity contribution is -0.0405. The molecule has 3 nitrogen and oxygen atoms in total. The molecule has 1 fully saturated rings. The van der Waals surface area contributed by atoms with Crippen molar-refractivity contribution < 1.29 is 4.84 Å². The van der Waals surface area contributed by atoms with Crippen molar-refractivity contribution >= 4 is 5.69 Å². The van der Waals surface area contributed by atoms with Crippen molar-refractivity contribution in [3.05, 3.63) is 29.3 Å². The van der Waals surface area contributed by atoms with Gasteiger partial charge in [-0.3, -0.25) is 4.84 Å². The molecule has 1 aromatic rings. The minimum absolute atomic E-state index is 0.353. The maximum absolute atomic E-state index is 5.80. The fourth-order valence-electron chi connectivity index (χ4n) is 2.94. The first-order valence-electron chi connectivity index (χ1n) is 6.62. The van der Waals surface area contributed by atoms with E-state index < -0.39 is 0 Å². The Morgan fingerprint density at radius 3 is 2.82 bits per heavy atom. The molecule has 3 rings (SSSR count). The van der Waals surface area contributed by atoms with Gasteiger partial charge in [-0.25, -0.2) is 0 Å². The van der Waals surface area contributed by atoms with Gasteiger partial charge in [-0.2, -0.15) is 5.48 Å². The van der Waals surface area contributed by atoms with Crippen molar-refractivity contribution in [1.82, 2.24) is 5.48 Å². The largest absolute Gasteiger partial charge is 0.399 e. The van der Waals surface area contributed by atoms with E-state index in [0.717, 1.165) is 18.5 Å². The Hall–Kier alpha value is -1.06. The summed E-state index contributed by atoms with van der Waals surface area (Å²) < 4.78 is 0. The highest BCUT2D eigenvalue weighted by atomic mass is 16.7. The lowest BCUT2D eigenvalue weighted by atomic mass is 10.1. The lowest BCUT2D eigenvalue weighted by Crippen LogP contribution is -2.25. The molecule has 1 unspecified atom stereocenters. The highest BCUT2D eigenvalue weighted by Gasteiger charge is 2.24. The SMILES string of the molecule is Nc1ccc2c(c1)CCC2NOC1CCCC1. The third kappa shape index (κ3) is 2.31. The number of anilines is 1. The maximum atomic E-state index is 5.80. The number of nitrogens with one attached hydrogen (secondary N) is 1. The number of aryl methyl sites for hydroxylation is 1. The van der Waals surface area contributed by atoms with Crippen LogP contribution in [-0.2, 0) is 11.3 Å². The molecule has 0 saturated heterocycles. The van der Waals surface area contributed by atoms with E-state index in [2.05, 4.69) is 17.6 Å². The van der Waals surface area contributed by atoms with Gasteiger partial charge >= 0.3 is 0 Å². The van der Waals surface area contributed by atoms with Crippen LogP contribution in [0.1, 0.15) is 49.3 Å². The van der Waals surface area contributed by atoms with E-state index in [1.54, 1.807) is 0 Å². The van der Waals surface area contributed by atoms with E-state index in [1.807, 2.05) is 6.07 Å². The highest BCUT2D eigenvalue weighted by molar-refractivity contribution is 5.47. The first kappa shape index (κ1) is 11.1. The van der Waals surface area contributed by atoms with Gasteiger partial charge in [0.05, 0.1) is 12.1 Å².